The lowest BCUT2D eigenvalue weighted by molar-refractivity contribution is 0.103. The molecule has 21 heavy (non-hydrogen) atoms. The SMILES string of the molecule is Cc1nc(N)sc1C(=O)Nc1ccccc1N1CCCC1. The van der Waals surface area contributed by atoms with Crippen molar-refractivity contribution in [2.24, 2.45) is 0 Å². The molecule has 1 aromatic heterocycles. The van der Waals surface area contributed by atoms with Gasteiger partial charge in [-0.2, -0.15) is 0 Å². The Hall–Kier alpha value is -2.08. The topological polar surface area (TPSA) is 71.2 Å². The predicted molar refractivity (Wildman–Crippen MR) is 87.1 cm³/mol. The number of carbonyl (C=O) groups is 1. The molecule has 5 nitrogen and oxygen atoms in total. The molecule has 2 aromatic rings. The molecule has 1 aliphatic rings. The zero-order valence-corrected chi connectivity index (χ0v) is 12.7. The first-order valence-electron chi connectivity index (χ1n) is 7.03. The van der Waals surface area contributed by atoms with Crippen LogP contribution in [-0.2, 0) is 0 Å². The van der Waals surface area contributed by atoms with Crippen molar-refractivity contribution in [2.75, 3.05) is 29.0 Å². The van der Waals surface area contributed by atoms with Gasteiger partial charge in [-0.3, -0.25) is 4.79 Å². The van der Waals surface area contributed by atoms with Gasteiger partial charge in [0.15, 0.2) is 5.13 Å². The smallest absolute Gasteiger partial charge is 0.267 e. The van der Waals surface area contributed by atoms with Gasteiger partial charge in [-0.1, -0.05) is 23.5 Å². The van der Waals surface area contributed by atoms with Crippen LogP contribution in [0.15, 0.2) is 24.3 Å². The van der Waals surface area contributed by atoms with Gasteiger partial charge < -0.3 is 16.0 Å². The van der Waals surface area contributed by atoms with Crippen LogP contribution in [-0.4, -0.2) is 24.0 Å². The Morgan fingerprint density at radius 3 is 2.71 bits per heavy atom. The Kier molecular flexibility index (Phi) is 3.79. The Labute approximate surface area is 127 Å². The normalized spacial score (nSPS) is 14.4. The van der Waals surface area contributed by atoms with E-state index in [0.717, 1.165) is 24.5 Å². The highest BCUT2D eigenvalue weighted by Gasteiger charge is 2.19. The van der Waals surface area contributed by atoms with Gasteiger partial charge in [0.05, 0.1) is 17.1 Å². The fourth-order valence-electron chi connectivity index (χ4n) is 2.62. The van der Waals surface area contributed by atoms with Crippen LogP contribution in [0.5, 0.6) is 0 Å². The lowest BCUT2D eigenvalue weighted by atomic mass is 10.2. The zero-order valence-electron chi connectivity index (χ0n) is 11.9. The third-order valence-electron chi connectivity index (χ3n) is 3.62. The molecule has 0 saturated carbocycles. The molecule has 0 radical (unpaired) electrons. The summed E-state index contributed by atoms with van der Waals surface area (Å²) in [6, 6.07) is 7.92. The second kappa shape index (κ2) is 5.73. The fourth-order valence-corrected chi connectivity index (χ4v) is 3.35. The summed E-state index contributed by atoms with van der Waals surface area (Å²) in [5, 5.41) is 3.41. The maximum absolute atomic E-state index is 12.4. The van der Waals surface area contributed by atoms with E-state index in [1.165, 1.54) is 24.2 Å². The number of hydrogen-bond acceptors (Lipinski definition) is 5. The molecule has 3 rings (SSSR count). The first-order chi connectivity index (χ1) is 10.1. The number of nitrogens with one attached hydrogen (secondary N) is 1. The number of carbonyl (C=O) groups excluding carboxylic acids is 1. The van der Waals surface area contributed by atoms with Crippen molar-refractivity contribution in [3.63, 3.8) is 0 Å². The van der Waals surface area contributed by atoms with E-state index in [0.29, 0.717) is 15.7 Å². The highest BCUT2D eigenvalue weighted by molar-refractivity contribution is 7.17. The Morgan fingerprint density at radius 1 is 1.33 bits per heavy atom. The lowest BCUT2D eigenvalue weighted by Crippen LogP contribution is -2.21. The van der Waals surface area contributed by atoms with Crippen molar-refractivity contribution in [3.8, 4) is 0 Å². The van der Waals surface area contributed by atoms with Crippen LogP contribution in [0.25, 0.3) is 0 Å². The van der Waals surface area contributed by atoms with E-state index in [9.17, 15) is 4.79 Å². The summed E-state index contributed by atoms with van der Waals surface area (Å²) in [7, 11) is 0. The van der Waals surface area contributed by atoms with E-state index in [1.807, 2.05) is 18.2 Å². The number of aromatic nitrogens is 1. The van der Waals surface area contributed by atoms with E-state index < -0.39 is 0 Å². The minimum absolute atomic E-state index is 0.145. The van der Waals surface area contributed by atoms with Crippen molar-refractivity contribution in [3.05, 3.63) is 34.8 Å². The summed E-state index contributed by atoms with van der Waals surface area (Å²) in [6.07, 6.45) is 2.40. The molecule has 1 saturated heterocycles. The van der Waals surface area contributed by atoms with E-state index in [4.69, 9.17) is 5.73 Å². The number of amides is 1. The molecule has 0 aliphatic carbocycles. The molecule has 110 valence electrons. The van der Waals surface area contributed by atoms with Crippen LogP contribution in [0.3, 0.4) is 0 Å². The molecule has 1 fully saturated rings. The number of nitrogens with zero attached hydrogens (tertiary/aromatic N) is 2. The average molecular weight is 302 g/mol. The van der Waals surface area contributed by atoms with Gasteiger partial charge in [-0.15, -0.1) is 0 Å². The molecule has 0 unspecified atom stereocenters. The molecule has 1 aliphatic heterocycles. The fraction of sp³-hybridized carbons (Fsp3) is 0.333. The largest absolute Gasteiger partial charge is 0.375 e. The van der Waals surface area contributed by atoms with Crippen molar-refractivity contribution < 1.29 is 4.79 Å². The summed E-state index contributed by atoms with van der Waals surface area (Å²) in [6.45, 7) is 3.88. The van der Waals surface area contributed by atoms with Crippen LogP contribution in [0, 0.1) is 6.92 Å². The van der Waals surface area contributed by atoms with Crippen molar-refractivity contribution in [1.82, 2.24) is 4.98 Å². The Bertz CT molecular complexity index is 661. The molecule has 0 spiro atoms. The third kappa shape index (κ3) is 2.85. The number of aryl methyl sites for hydroxylation is 1. The highest BCUT2D eigenvalue weighted by Crippen LogP contribution is 2.30. The van der Waals surface area contributed by atoms with Gasteiger partial charge in [0.2, 0.25) is 0 Å². The number of para-hydroxylation sites is 2. The summed E-state index contributed by atoms with van der Waals surface area (Å²) < 4.78 is 0. The minimum atomic E-state index is -0.145. The maximum atomic E-state index is 12.4. The number of nitrogens with two attached hydrogens (primary N) is 1. The minimum Gasteiger partial charge on any atom is -0.375 e. The van der Waals surface area contributed by atoms with E-state index in [-0.39, 0.29) is 5.91 Å². The van der Waals surface area contributed by atoms with Crippen LogP contribution in [0.4, 0.5) is 16.5 Å². The number of rotatable bonds is 3. The molecule has 0 bridgehead atoms. The van der Waals surface area contributed by atoms with E-state index in [2.05, 4.69) is 21.3 Å². The Morgan fingerprint density at radius 2 is 2.05 bits per heavy atom. The molecular weight excluding hydrogens is 284 g/mol. The van der Waals surface area contributed by atoms with Gasteiger partial charge in [0.1, 0.15) is 4.88 Å². The monoisotopic (exact) mass is 302 g/mol. The molecule has 1 amide bonds. The molecule has 0 atom stereocenters. The summed E-state index contributed by atoms with van der Waals surface area (Å²) in [4.78, 5) is 19.4. The number of hydrogen-bond donors (Lipinski definition) is 2. The molecular formula is C15H18N4OS. The second-order valence-electron chi connectivity index (χ2n) is 5.13. The van der Waals surface area contributed by atoms with Crippen molar-refractivity contribution in [1.29, 1.82) is 0 Å². The average Bonchev–Trinajstić information content (AvgIpc) is 3.09. The summed E-state index contributed by atoms with van der Waals surface area (Å²) >= 11 is 1.22. The lowest BCUT2D eigenvalue weighted by Gasteiger charge is -2.21. The van der Waals surface area contributed by atoms with Crippen molar-refractivity contribution in [2.45, 2.75) is 19.8 Å². The summed E-state index contributed by atoms with van der Waals surface area (Å²) in [5.41, 5.74) is 8.26. The Balaban J connectivity index is 1.84. The maximum Gasteiger partial charge on any atom is 0.267 e. The van der Waals surface area contributed by atoms with E-state index in [1.54, 1.807) is 6.92 Å². The number of anilines is 3. The van der Waals surface area contributed by atoms with Crippen molar-refractivity contribution >= 4 is 33.8 Å². The van der Waals surface area contributed by atoms with Crippen LogP contribution >= 0.6 is 11.3 Å². The molecule has 6 heteroatoms. The van der Waals surface area contributed by atoms with Crippen LogP contribution in [0.1, 0.15) is 28.2 Å². The van der Waals surface area contributed by atoms with Gasteiger partial charge in [0.25, 0.3) is 5.91 Å². The highest BCUT2D eigenvalue weighted by atomic mass is 32.1. The van der Waals surface area contributed by atoms with Gasteiger partial charge in [-0.25, -0.2) is 4.98 Å². The first kappa shape index (κ1) is 13.9. The predicted octanol–water partition coefficient (Wildman–Crippen LogP) is 2.89. The second-order valence-corrected chi connectivity index (χ2v) is 6.16. The van der Waals surface area contributed by atoms with E-state index >= 15 is 0 Å². The number of thiazole rings is 1. The number of nitrogen functional groups attached to an aromatic ring is 1. The zero-order chi connectivity index (χ0) is 14.8. The van der Waals surface area contributed by atoms with Crippen LogP contribution < -0.4 is 16.0 Å². The summed E-state index contributed by atoms with van der Waals surface area (Å²) in [5.74, 6) is -0.145. The van der Waals surface area contributed by atoms with Gasteiger partial charge in [-0.05, 0) is 31.9 Å². The molecule has 3 N–H and O–H groups in total. The molecule has 1 aromatic carbocycles. The van der Waals surface area contributed by atoms with Crippen LogP contribution in [0.2, 0.25) is 0 Å². The first-order valence-corrected chi connectivity index (χ1v) is 7.85. The number of benzene rings is 1. The standard InChI is InChI=1S/C15H18N4OS/c1-10-13(21-15(16)17-10)14(20)18-11-6-2-3-7-12(11)19-8-4-5-9-19/h2-3,6-7H,4-5,8-9H2,1H3,(H2,16,17)(H,18,20). The quantitative estimate of drug-likeness (QED) is 0.914. The third-order valence-corrected chi connectivity index (χ3v) is 4.60. The van der Waals surface area contributed by atoms with Gasteiger partial charge in [0, 0.05) is 13.1 Å². The molecule has 2 heterocycles. The van der Waals surface area contributed by atoms with Gasteiger partial charge >= 0.3 is 0 Å².